The summed E-state index contributed by atoms with van der Waals surface area (Å²) in [6, 6.07) is 0. The van der Waals surface area contributed by atoms with Crippen LogP contribution in [-0.4, -0.2) is 16.9 Å². The summed E-state index contributed by atoms with van der Waals surface area (Å²) >= 11 is 0. The Bertz CT molecular complexity index is 135. The first kappa shape index (κ1) is 9.14. The summed E-state index contributed by atoms with van der Waals surface area (Å²) < 4.78 is 0. The first-order valence-corrected chi connectivity index (χ1v) is 3.20. The van der Waals surface area contributed by atoms with Crippen LogP contribution in [0, 0.1) is 11.8 Å². The first-order chi connectivity index (χ1) is 4.46. The molecule has 0 amide bonds. The maximum atomic E-state index is 10.6. The molecule has 3 heteroatoms. The van der Waals surface area contributed by atoms with Gasteiger partial charge in [-0.1, -0.05) is 13.8 Å². The number of ketones is 1. The van der Waals surface area contributed by atoms with E-state index in [-0.39, 0.29) is 11.7 Å². The Balaban J connectivity index is 4.27. The summed E-state index contributed by atoms with van der Waals surface area (Å²) in [4.78, 5) is 21.0. The van der Waals surface area contributed by atoms with Crippen molar-refractivity contribution in [1.29, 1.82) is 0 Å². The highest BCUT2D eigenvalue weighted by molar-refractivity contribution is 5.97. The SMILES string of the molecule is CC(=O)C(C(=O)O)C(C)C. The van der Waals surface area contributed by atoms with Gasteiger partial charge in [-0.3, -0.25) is 9.59 Å². The maximum absolute atomic E-state index is 10.6. The van der Waals surface area contributed by atoms with Gasteiger partial charge in [0.1, 0.15) is 11.7 Å². The van der Waals surface area contributed by atoms with Gasteiger partial charge in [0.25, 0.3) is 0 Å². The number of hydrogen-bond acceptors (Lipinski definition) is 2. The molecule has 0 rings (SSSR count). The lowest BCUT2D eigenvalue weighted by Crippen LogP contribution is -2.26. The molecule has 1 N–H and O–H groups in total. The van der Waals surface area contributed by atoms with Gasteiger partial charge in [-0.05, 0) is 12.8 Å². The van der Waals surface area contributed by atoms with Crippen LogP contribution < -0.4 is 0 Å². The normalized spacial score (nSPS) is 13.2. The maximum Gasteiger partial charge on any atom is 0.314 e. The molecule has 1 unspecified atom stereocenters. The largest absolute Gasteiger partial charge is 0.481 e. The molecule has 0 radical (unpaired) electrons. The third-order valence-electron chi connectivity index (χ3n) is 1.37. The Morgan fingerprint density at radius 1 is 1.30 bits per heavy atom. The van der Waals surface area contributed by atoms with E-state index in [9.17, 15) is 9.59 Å². The fourth-order valence-corrected chi connectivity index (χ4v) is 0.928. The van der Waals surface area contributed by atoms with Crippen LogP contribution in [0.25, 0.3) is 0 Å². The summed E-state index contributed by atoms with van der Waals surface area (Å²) in [7, 11) is 0. The zero-order chi connectivity index (χ0) is 8.31. The van der Waals surface area contributed by atoms with Crippen molar-refractivity contribution in [3.05, 3.63) is 0 Å². The van der Waals surface area contributed by atoms with Gasteiger partial charge in [-0.2, -0.15) is 0 Å². The molecule has 0 spiro atoms. The number of carbonyl (C=O) groups excluding carboxylic acids is 1. The number of hydrogen-bond donors (Lipinski definition) is 1. The molecule has 3 nitrogen and oxygen atoms in total. The summed E-state index contributed by atoms with van der Waals surface area (Å²) in [6.07, 6.45) is 0. The van der Waals surface area contributed by atoms with Gasteiger partial charge in [-0.25, -0.2) is 0 Å². The minimum atomic E-state index is -1.03. The molecule has 0 fully saturated rings. The van der Waals surface area contributed by atoms with Crippen LogP contribution in [0.1, 0.15) is 20.8 Å². The third-order valence-corrected chi connectivity index (χ3v) is 1.37. The standard InChI is InChI=1S/C7H12O3/c1-4(2)6(5(3)8)7(9)10/h4,6H,1-3H3,(H,9,10). The van der Waals surface area contributed by atoms with Gasteiger partial charge in [0.2, 0.25) is 0 Å². The van der Waals surface area contributed by atoms with Crippen molar-refractivity contribution in [2.24, 2.45) is 11.8 Å². The van der Waals surface area contributed by atoms with Crippen molar-refractivity contribution in [2.75, 3.05) is 0 Å². The highest BCUT2D eigenvalue weighted by Crippen LogP contribution is 2.11. The monoisotopic (exact) mass is 144 g/mol. The van der Waals surface area contributed by atoms with Gasteiger partial charge in [-0.15, -0.1) is 0 Å². The van der Waals surface area contributed by atoms with E-state index in [2.05, 4.69) is 0 Å². The zero-order valence-corrected chi connectivity index (χ0v) is 6.42. The van der Waals surface area contributed by atoms with Gasteiger partial charge in [0.15, 0.2) is 0 Å². The van der Waals surface area contributed by atoms with Gasteiger partial charge < -0.3 is 5.11 Å². The predicted octanol–water partition coefficient (Wildman–Crippen LogP) is 0.932. The molecule has 0 aliphatic rings. The van der Waals surface area contributed by atoms with Gasteiger partial charge in [0, 0.05) is 0 Å². The molecule has 1 atom stereocenters. The molecule has 0 aromatic carbocycles. The molecule has 0 aliphatic heterocycles. The minimum absolute atomic E-state index is 0.116. The smallest absolute Gasteiger partial charge is 0.314 e. The average Bonchev–Trinajstić information content (AvgIpc) is 1.59. The lowest BCUT2D eigenvalue weighted by molar-refractivity contribution is -0.147. The van der Waals surface area contributed by atoms with Crippen LogP contribution in [0.3, 0.4) is 0 Å². The van der Waals surface area contributed by atoms with Gasteiger partial charge in [0.05, 0.1) is 0 Å². The average molecular weight is 144 g/mol. The Morgan fingerprint density at radius 2 is 1.70 bits per heavy atom. The van der Waals surface area contributed by atoms with E-state index in [0.29, 0.717) is 0 Å². The molecule has 0 saturated heterocycles. The summed E-state index contributed by atoms with van der Waals surface area (Å²) in [6.45, 7) is 4.75. The summed E-state index contributed by atoms with van der Waals surface area (Å²) in [5, 5.41) is 8.49. The molecule has 0 aromatic heterocycles. The predicted molar refractivity (Wildman–Crippen MR) is 36.6 cm³/mol. The van der Waals surface area contributed by atoms with Crippen molar-refractivity contribution >= 4 is 11.8 Å². The molecule has 0 aromatic rings. The lowest BCUT2D eigenvalue weighted by Gasteiger charge is -2.11. The second kappa shape index (κ2) is 3.34. The topological polar surface area (TPSA) is 54.4 Å². The molecule has 0 heterocycles. The van der Waals surface area contributed by atoms with Crippen molar-refractivity contribution < 1.29 is 14.7 Å². The van der Waals surface area contributed by atoms with E-state index in [1.807, 2.05) is 0 Å². The highest BCUT2D eigenvalue weighted by atomic mass is 16.4. The van der Waals surface area contributed by atoms with Crippen molar-refractivity contribution in [2.45, 2.75) is 20.8 Å². The second-order valence-electron chi connectivity index (χ2n) is 2.67. The van der Waals surface area contributed by atoms with Crippen LogP contribution in [0.5, 0.6) is 0 Å². The van der Waals surface area contributed by atoms with Crippen LogP contribution in [-0.2, 0) is 9.59 Å². The van der Waals surface area contributed by atoms with Crippen LogP contribution in [0.2, 0.25) is 0 Å². The molecule has 10 heavy (non-hydrogen) atoms. The number of carboxylic acid groups (broad SMARTS) is 1. The van der Waals surface area contributed by atoms with Crippen molar-refractivity contribution in [1.82, 2.24) is 0 Å². The van der Waals surface area contributed by atoms with E-state index in [0.717, 1.165) is 0 Å². The minimum Gasteiger partial charge on any atom is -0.481 e. The summed E-state index contributed by atoms with van der Waals surface area (Å²) in [5.74, 6) is -2.25. The Hall–Kier alpha value is -0.860. The van der Waals surface area contributed by atoms with E-state index >= 15 is 0 Å². The van der Waals surface area contributed by atoms with Crippen LogP contribution in [0.15, 0.2) is 0 Å². The Kier molecular flexibility index (Phi) is 3.06. The number of rotatable bonds is 3. The van der Waals surface area contributed by atoms with Crippen molar-refractivity contribution in [3.63, 3.8) is 0 Å². The van der Waals surface area contributed by atoms with E-state index < -0.39 is 11.9 Å². The third kappa shape index (κ3) is 2.17. The number of carboxylic acids is 1. The Labute approximate surface area is 60.0 Å². The zero-order valence-electron chi connectivity index (χ0n) is 6.42. The fraction of sp³-hybridized carbons (Fsp3) is 0.714. The number of Topliss-reactive ketones (excluding diaryl/α,β-unsaturated/α-hetero) is 1. The van der Waals surface area contributed by atoms with E-state index in [1.165, 1.54) is 6.92 Å². The molecule has 0 saturated carbocycles. The molecular formula is C7H12O3. The number of carbonyl (C=O) groups is 2. The number of aliphatic carboxylic acids is 1. The first-order valence-electron chi connectivity index (χ1n) is 3.20. The molecule has 0 bridgehead atoms. The quantitative estimate of drug-likeness (QED) is 0.599. The lowest BCUT2D eigenvalue weighted by atomic mass is 9.93. The van der Waals surface area contributed by atoms with Crippen LogP contribution >= 0.6 is 0 Å². The van der Waals surface area contributed by atoms with E-state index in [4.69, 9.17) is 5.11 Å². The Morgan fingerprint density at radius 3 is 1.70 bits per heavy atom. The molecule has 0 aliphatic carbocycles. The van der Waals surface area contributed by atoms with Crippen molar-refractivity contribution in [3.8, 4) is 0 Å². The van der Waals surface area contributed by atoms with Gasteiger partial charge >= 0.3 is 5.97 Å². The molecular weight excluding hydrogens is 132 g/mol. The van der Waals surface area contributed by atoms with Crippen LogP contribution in [0.4, 0.5) is 0 Å². The second-order valence-corrected chi connectivity index (χ2v) is 2.67. The van der Waals surface area contributed by atoms with E-state index in [1.54, 1.807) is 13.8 Å². The fourth-order valence-electron chi connectivity index (χ4n) is 0.928. The summed E-state index contributed by atoms with van der Waals surface area (Å²) in [5.41, 5.74) is 0. The molecule has 58 valence electrons. The highest BCUT2D eigenvalue weighted by Gasteiger charge is 2.25.